The molecule has 0 aliphatic heterocycles. The number of benzene rings is 1. The van der Waals surface area contributed by atoms with Crippen LogP contribution in [0.1, 0.15) is 18.4 Å². The van der Waals surface area contributed by atoms with E-state index >= 15 is 0 Å². The van der Waals surface area contributed by atoms with Crippen molar-refractivity contribution in [2.24, 2.45) is 5.73 Å². The number of rotatable bonds is 2. The molecule has 1 fully saturated rings. The lowest BCUT2D eigenvalue weighted by molar-refractivity contribution is 0.340. The van der Waals surface area contributed by atoms with Crippen molar-refractivity contribution in [1.82, 2.24) is 0 Å². The van der Waals surface area contributed by atoms with Crippen LogP contribution in [0.4, 0.5) is 5.69 Å². The summed E-state index contributed by atoms with van der Waals surface area (Å²) in [6.07, 6.45) is 2.10. The zero-order valence-electron chi connectivity index (χ0n) is 8.85. The lowest BCUT2D eigenvalue weighted by Gasteiger charge is -2.40. The summed E-state index contributed by atoms with van der Waals surface area (Å²) in [7, 11) is 2.06. The topological polar surface area (TPSA) is 53.0 Å². The Balaban J connectivity index is 2.12. The van der Waals surface area contributed by atoms with Crippen LogP contribution in [0.25, 0.3) is 0 Å². The third-order valence-electron chi connectivity index (χ3n) is 3.08. The minimum atomic E-state index is 0.358. The summed E-state index contributed by atoms with van der Waals surface area (Å²) in [6.45, 7) is 0. The molecule has 3 nitrogen and oxygen atoms in total. The van der Waals surface area contributed by atoms with Crippen molar-refractivity contribution in [3.63, 3.8) is 0 Å². The molecule has 78 valence electrons. The van der Waals surface area contributed by atoms with Crippen LogP contribution in [0.2, 0.25) is 0 Å². The van der Waals surface area contributed by atoms with Crippen LogP contribution in [-0.2, 0) is 0 Å². The summed E-state index contributed by atoms with van der Waals surface area (Å²) in [5.41, 5.74) is 7.58. The maximum Gasteiger partial charge on any atom is 0.0992 e. The fourth-order valence-electron chi connectivity index (χ4n) is 1.95. The smallest absolute Gasteiger partial charge is 0.0992 e. The molecule has 15 heavy (non-hydrogen) atoms. The van der Waals surface area contributed by atoms with Gasteiger partial charge in [0.05, 0.1) is 11.6 Å². The van der Waals surface area contributed by atoms with Crippen molar-refractivity contribution < 1.29 is 0 Å². The monoisotopic (exact) mass is 201 g/mol. The molecule has 2 N–H and O–H groups in total. The largest absolute Gasteiger partial charge is 0.371 e. The number of hydrogen-bond donors (Lipinski definition) is 1. The molecule has 1 aliphatic carbocycles. The Kier molecular flexibility index (Phi) is 2.61. The molecule has 1 aromatic rings. The number of hydrogen-bond acceptors (Lipinski definition) is 3. The number of nitriles is 1. The van der Waals surface area contributed by atoms with E-state index in [0.29, 0.717) is 17.6 Å². The zero-order chi connectivity index (χ0) is 10.8. The van der Waals surface area contributed by atoms with Crippen LogP contribution >= 0.6 is 0 Å². The van der Waals surface area contributed by atoms with Gasteiger partial charge >= 0.3 is 0 Å². The molecular weight excluding hydrogens is 186 g/mol. The number of nitrogens with zero attached hydrogens (tertiary/aromatic N) is 2. The molecule has 1 saturated carbocycles. The van der Waals surface area contributed by atoms with Gasteiger partial charge in [0, 0.05) is 24.8 Å². The van der Waals surface area contributed by atoms with Crippen molar-refractivity contribution >= 4 is 5.69 Å². The average molecular weight is 201 g/mol. The number of anilines is 1. The number of nitrogens with two attached hydrogens (primary N) is 1. The Morgan fingerprint density at radius 3 is 2.80 bits per heavy atom. The highest BCUT2D eigenvalue weighted by atomic mass is 15.1. The van der Waals surface area contributed by atoms with Gasteiger partial charge in [-0.15, -0.1) is 0 Å². The second-order valence-corrected chi connectivity index (χ2v) is 4.16. The van der Waals surface area contributed by atoms with Gasteiger partial charge in [-0.25, -0.2) is 0 Å². The Bertz CT molecular complexity index is 388. The molecule has 0 aromatic heterocycles. The zero-order valence-corrected chi connectivity index (χ0v) is 8.85. The SMILES string of the molecule is CN(c1cccc(C#N)c1)C1CC(N)C1. The fraction of sp³-hybridized carbons (Fsp3) is 0.417. The van der Waals surface area contributed by atoms with Gasteiger partial charge in [0.2, 0.25) is 0 Å². The molecule has 0 bridgehead atoms. The van der Waals surface area contributed by atoms with E-state index in [1.165, 1.54) is 0 Å². The van der Waals surface area contributed by atoms with E-state index in [9.17, 15) is 0 Å². The van der Waals surface area contributed by atoms with E-state index < -0.39 is 0 Å². The van der Waals surface area contributed by atoms with Crippen molar-refractivity contribution in [3.8, 4) is 6.07 Å². The molecule has 2 rings (SSSR count). The van der Waals surface area contributed by atoms with Crippen molar-refractivity contribution in [3.05, 3.63) is 29.8 Å². The third kappa shape index (κ3) is 1.95. The Morgan fingerprint density at radius 2 is 2.20 bits per heavy atom. The lowest BCUT2D eigenvalue weighted by Crippen LogP contribution is -2.49. The van der Waals surface area contributed by atoms with Crippen molar-refractivity contribution in [1.29, 1.82) is 5.26 Å². The molecule has 0 amide bonds. The maximum atomic E-state index is 8.81. The summed E-state index contributed by atoms with van der Waals surface area (Å²) >= 11 is 0. The Hall–Kier alpha value is -1.53. The van der Waals surface area contributed by atoms with E-state index in [1.807, 2.05) is 24.3 Å². The van der Waals surface area contributed by atoms with E-state index in [2.05, 4.69) is 18.0 Å². The first-order chi connectivity index (χ1) is 7.20. The summed E-state index contributed by atoms with van der Waals surface area (Å²) in [5, 5.41) is 8.81. The highest BCUT2D eigenvalue weighted by Gasteiger charge is 2.29. The maximum absolute atomic E-state index is 8.81. The first-order valence-corrected chi connectivity index (χ1v) is 5.19. The van der Waals surface area contributed by atoms with Gasteiger partial charge in [0.15, 0.2) is 0 Å². The van der Waals surface area contributed by atoms with Crippen molar-refractivity contribution in [2.75, 3.05) is 11.9 Å². The van der Waals surface area contributed by atoms with Gasteiger partial charge in [-0.2, -0.15) is 5.26 Å². The summed E-state index contributed by atoms with van der Waals surface area (Å²) in [4.78, 5) is 2.21. The Labute approximate surface area is 90.1 Å². The first-order valence-electron chi connectivity index (χ1n) is 5.19. The predicted octanol–water partition coefficient (Wildman–Crippen LogP) is 1.48. The van der Waals surface area contributed by atoms with E-state index in [-0.39, 0.29) is 0 Å². The molecule has 0 atom stereocenters. The highest BCUT2D eigenvalue weighted by Crippen LogP contribution is 2.27. The van der Waals surface area contributed by atoms with Gasteiger partial charge in [0.25, 0.3) is 0 Å². The molecule has 1 aromatic carbocycles. The molecule has 1 aliphatic rings. The van der Waals surface area contributed by atoms with Crippen LogP contribution in [0.5, 0.6) is 0 Å². The molecular formula is C12H15N3. The van der Waals surface area contributed by atoms with Gasteiger partial charge in [-0.1, -0.05) is 6.07 Å². The second kappa shape index (κ2) is 3.92. The predicted molar refractivity (Wildman–Crippen MR) is 60.6 cm³/mol. The molecule has 0 unspecified atom stereocenters. The minimum absolute atomic E-state index is 0.358. The standard InChI is InChI=1S/C12H15N3/c1-15(12-6-10(14)7-12)11-4-2-3-9(5-11)8-13/h2-5,10,12H,6-7,14H2,1H3. The van der Waals surface area contributed by atoms with Crippen LogP contribution in [-0.4, -0.2) is 19.1 Å². The molecule has 0 heterocycles. The summed E-state index contributed by atoms with van der Waals surface area (Å²) < 4.78 is 0. The second-order valence-electron chi connectivity index (χ2n) is 4.16. The fourth-order valence-corrected chi connectivity index (χ4v) is 1.95. The normalized spacial score (nSPS) is 24.1. The van der Waals surface area contributed by atoms with E-state index in [0.717, 1.165) is 18.5 Å². The van der Waals surface area contributed by atoms with E-state index in [4.69, 9.17) is 11.0 Å². The molecule has 0 radical (unpaired) electrons. The molecule has 3 heteroatoms. The van der Waals surface area contributed by atoms with Crippen LogP contribution in [0, 0.1) is 11.3 Å². The molecule has 0 saturated heterocycles. The quantitative estimate of drug-likeness (QED) is 0.788. The average Bonchev–Trinajstić information content (AvgIpc) is 2.24. The first kappa shape index (κ1) is 10.0. The summed E-state index contributed by atoms with van der Waals surface area (Å²) in [5.74, 6) is 0. The Morgan fingerprint density at radius 1 is 1.47 bits per heavy atom. The molecule has 0 spiro atoms. The van der Waals surface area contributed by atoms with Gasteiger partial charge < -0.3 is 10.6 Å². The lowest BCUT2D eigenvalue weighted by atomic mass is 9.86. The highest BCUT2D eigenvalue weighted by molar-refractivity contribution is 5.52. The van der Waals surface area contributed by atoms with Gasteiger partial charge in [-0.3, -0.25) is 0 Å². The van der Waals surface area contributed by atoms with E-state index in [1.54, 1.807) is 0 Å². The van der Waals surface area contributed by atoms with Crippen LogP contribution in [0.15, 0.2) is 24.3 Å². The third-order valence-corrected chi connectivity index (χ3v) is 3.08. The van der Waals surface area contributed by atoms with Gasteiger partial charge in [0.1, 0.15) is 0 Å². The summed E-state index contributed by atoms with van der Waals surface area (Å²) in [6, 6.07) is 10.7. The van der Waals surface area contributed by atoms with Gasteiger partial charge in [-0.05, 0) is 31.0 Å². The van der Waals surface area contributed by atoms with Crippen LogP contribution in [0.3, 0.4) is 0 Å². The van der Waals surface area contributed by atoms with Crippen molar-refractivity contribution in [2.45, 2.75) is 24.9 Å². The minimum Gasteiger partial charge on any atom is -0.371 e. The van der Waals surface area contributed by atoms with Crippen LogP contribution < -0.4 is 10.6 Å².